The highest BCUT2D eigenvalue weighted by Gasteiger charge is 2.26. The Morgan fingerprint density at radius 1 is 1.20 bits per heavy atom. The van der Waals surface area contributed by atoms with Crippen LogP contribution in [0.1, 0.15) is 29.9 Å². The molecule has 0 spiro atoms. The van der Waals surface area contributed by atoms with E-state index >= 15 is 0 Å². The number of hydrogen-bond acceptors (Lipinski definition) is 5. The smallest absolute Gasteiger partial charge is 0.409 e. The van der Waals surface area contributed by atoms with Crippen molar-refractivity contribution in [1.82, 2.24) is 9.80 Å². The molecule has 25 heavy (non-hydrogen) atoms. The minimum atomic E-state index is -2.98. The third-order valence-electron chi connectivity index (χ3n) is 3.62. The van der Waals surface area contributed by atoms with E-state index in [9.17, 15) is 18.4 Å². The van der Waals surface area contributed by atoms with Gasteiger partial charge in [0.1, 0.15) is 10.6 Å². The Balaban J connectivity index is 1.95. The van der Waals surface area contributed by atoms with Crippen LogP contribution < -0.4 is 4.74 Å². The number of carbonyl (C=O) groups excluding carboxylic acids is 2. The summed E-state index contributed by atoms with van der Waals surface area (Å²) in [5.41, 5.74) is 0. The summed E-state index contributed by atoms with van der Waals surface area (Å²) in [6.07, 6.45) is 0.208. The molecule has 0 radical (unpaired) electrons. The molecule has 6 nitrogen and oxygen atoms in total. The molecule has 0 N–H and O–H groups in total. The van der Waals surface area contributed by atoms with Gasteiger partial charge in [-0.1, -0.05) is 13.8 Å². The Bertz CT molecular complexity index is 594. The van der Waals surface area contributed by atoms with E-state index in [0.29, 0.717) is 39.2 Å². The summed E-state index contributed by atoms with van der Waals surface area (Å²) in [5, 5.41) is 1.54. The molecule has 0 atom stereocenters. The molecule has 1 aliphatic rings. The van der Waals surface area contributed by atoms with Crippen LogP contribution in [0, 0.1) is 5.92 Å². The first-order chi connectivity index (χ1) is 11.9. The molecule has 2 heterocycles. The molecule has 1 aliphatic heterocycles. The van der Waals surface area contributed by atoms with Crippen LogP contribution in [0.4, 0.5) is 13.6 Å². The highest BCUT2D eigenvalue weighted by atomic mass is 32.1. The molecular formula is C16H22F2N2O4S. The first-order valence-electron chi connectivity index (χ1n) is 8.11. The van der Waals surface area contributed by atoms with Gasteiger partial charge in [-0.15, -0.1) is 11.3 Å². The van der Waals surface area contributed by atoms with Crippen molar-refractivity contribution in [3.63, 3.8) is 0 Å². The lowest BCUT2D eigenvalue weighted by atomic mass is 10.2. The number of rotatable bonds is 5. The molecule has 0 aliphatic carbocycles. The first-order valence-corrected chi connectivity index (χ1v) is 8.99. The van der Waals surface area contributed by atoms with Crippen molar-refractivity contribution in [3.8, 4) is 5.75 Å². The second-order valence-electron chi connectivity index (χ2n) is 6.10. The Labute approximate surface area is 149 Å². The second kappa shape index (κ2) is 8.98. The van der Waals surface area contributed by atoms with Gasteiger partial charge in [-0.2, -0.15) is 8.78 Å². The zero-order chi connectivity index (χ0) is 18.4. The average Bonchev–Trinajstić information content (AvgIpc) is 2.85. The van der Waals surface area contributed by atoms with Crippen molar-refractivity contribution >= 4 is 23.3 Å². The Morgan fingerprint density at radius 2 is 1.88 bits per heavy atom. The van der Waals surface area contributed by atoms with E-state index in [1.54, 1.807) is 15.2 Å². The van der Waals surface area contributed by atoms with Crippen LogP contribution in [0.2, 0.25) is 0 Å². The molecule has 0 unspecified atom stereocenters. The highest BCUT2D eigenvalue weighted by Crippen LogP contribution is 2.28. The Hall–Kier alpha value is -1.90. The summed E-state index contributed by atoms with van der Waals surface area (Å²) < 4.78 is 34.4. The summed E-state index contributed by atoms with van der Waals surface area (Å²) >= 11 is 1.06. The Morgan fingerprint density at radius 3 is 2.56 bits per heavy atom. The molecule has 140 valence electrons. The van der Waals surface area contributed by atoms with E-state index in [1.165, 1.54) is 6.07 Å². The van der Waals surface area contributed by atoms with Crippen molar-refractivity contribution in [2.45, 2.75) is 26.9 Å². The summed E-state index contributed by atoms with van der Waals surface area (Å²) in [6.45, 7) is 2.88. The fourth-order valence-corrected chi connectivity index (χ4v) is 3.21. The van der Waals surface area contributed by atoms with Crippen LogP contribution in [0.3, 0.4) is 0 Å². The van der Waals surface area contributed by atoms with E-state index in [2.05, 4.69) is 4.74 Å². The fraction of sp³-hybridized carbons (Fsp3) is 0.625. The molecule has 0 aromatic carbocycles. The number of hydrogen-bond donors (Lipinski definition) is 0. The van der Waals surface area contributed by atoms with Crippen molar-refractivity contribution in [2.75, 3.05) is 32.8 Å². The van der Waals surface area contributed by atoms with Gasteiger partial charge in [-0.3, -0.25) is 4.79 Å². The second-order valence-corrected chi connectivity index (χ2v) is 7.01. The third-order valence-corrected chi connectivity index (χ3v) is 4.50. The van der Waals surface area contributed by atoms with Gasteiger partial charge in [0.2, 0.25) is 0 Å². The van der Waals surface area contributed by atoms with Gasteiger partial charge in [-0.25, -0.2) is 4.79 Å². The third kappa shape index (κ3) is 5.55. The highest BCUT2D eigenvalue weighted by molar-refractivity contribution is 7.12. The number of halogens is 2. The quantitative estimate of drug-likeness (QED) is 0.791. The average molecular weight is 376 g/mol. The van der Waals surface area contributed by atoms with E-state index in [4.69, 9.17) is 4.74 Å². The standard InChI is InChI=1S/C16H22F2N2O4S/c1-11(2)10-23-16(22)20-6-3-5-19(7-8-20)14(21)13-12(4-9-25-13)24-15(17)18/h4,9,11,15H,3,5-8,10H2,1-2H3. The van der Waals surface area contributed by atoms with Crippen LogP contribution in [0.15, 0.2) is 11.4 Å². The predicted molar refractivity (Wildman–Crippen MR) is 89.2 cm³/mol. The minimum absolute atomic E-state index is 0.109. The summed E-state index contributed by atoms with van der Waals surface area (Å²) in [4.78, 5) is 27.9. The lowest BCUT2D eigenvalue weighted by molar-refractivity contribution is -0.0499. The van der Waals surface area contributed by atoms with Crippen LogP contribution in [-0.4, -0.2) is 61.2 Å². The Kier molecular flexibility index (Phi) is 6.98. The van der Waals surface area contributed by atoms with E-state index in [0.717, 1.165) is 11.3 Å². The zero-order valence-electron chi connectivity index (χ0n) is 14.2. The van der Waals surface area contributed by atoms with Crippen LogP contribution >= 0.6 is 11.3 Å². The number of carbonyl (C=O) groups is 2. The maximum absolute atomic E-state index is 12.6. The van der Waals surface area contributed by atoms with Crippen molar-refractivity contribution in [2.24, 2.45) is 5.92 Å². The van der Waals surface area contributed by atoms with E-state index < -0.39 is 6.61 Å². The minimum Gasteiger partial charge on any atom is -0.449 e. The molecule has 1 fully saturated rings. The fourth-order valence-electron chi connectivity index (χ4n) is 2.42. The van der Waals surface area contributed by atoms with E-state index in [-0.39, 0.29) is 28.5 Å². The summed E-state index contributed by atoms with van der Waals surface area (Å²) in [5.74, 6) is -0.216. The number of nitrogens with zero attached hydrogens (tertiary/aromatic N) is 2. The molecule has 1 saturated heterocycles. The molecule has 9 heteroatoms. The van der Waals surface area contributed by atoms with Gasteiger partial charge in [0, 0.05) is 26.2 Å². The lowest BCUT2D eigenvalue weighted by Gasteiger charge is -2.22. The summed E-state index contributed by atoms with van der Waals surface area (Å²) in [7, 11) is 0. The SMILES string of the molecule is CC(C)COC(=O)N1CCCN(C(=O)c2sccc2OC(F)F)CC1. The number of thiophene rings is 1. The summed E-state index contributed by atoms with van der Waals surface area (Å²) in [6, 6.07) is 1.36. The van der Waals surface area contributed by atoms with Crippen LogP contribution in [0.25, 0.3) is 0 Å². The normalized spacial score (nSPS) is 15.4. The zero-order valence-corrected chi connectivity index (χ0v) is 15.1. The van der Waals surface area contributed by atoms with Gasteiger partial charge in [-0.05, 0) is 23.8 Å². The predicted octanol–water partition coefficient (Wildman–Crippen LogP) is 3.29. The maximum Gasteiger partial charge on any atom is 0.409 e. The molecule has 2 amide bonds. The van der Waals surface area contributed by atoms with Crippen LogP contribution in [-0.2, 0) is 4.74 Å². The van der Waals surface area contributed by atoms with Gasteiger partial charge in [0.25, 0.3) is 5.91 Å². The largest absolute Gasteiger partial charge is 0.449 e. The number of ether oxygens (including phenoxy) is 2. The first kappa shape index (κ1) is 19.4. The molecule has 1 aromatic heterocycles. The van der Waals surface area contributed by atoms with Gasteiger partial charge < -0.3 is 19.3 Å². The maximum atomic E-state index is 12.6. The number of amides is 2. The molecule has 0 bridgehead atoms. The molecular weight excluding hydrogens is 354 g/mol. The van der Waals surface area contributed by atoms with Gasteiger partial charge >= 0.3 is 12.7 Å². The van der Waals surface area contributed by atoms with Crippen molar-refractivity contribution < 1.29 is 27.8 Å². The topological polar surface area (TPSA) is 59.1 Å². The lowest BCUT2D eigenvalue weighted by Crippen LogP contribution is -2.37. The molecule has 1 aromatic rings. The van der Waals surface area contributed by atoms with Gasteiger partial charge in [0.15, 0.2) is 0 Å². The van der Waals surface area contributed by atoms with Gasteiger partial charge in [0.05, 0.1) is 6.61 Å². The molecule has 0 saturated carbocycles. The van der Waals surface area contributed by atoms with E-state index in [1.807, 2.05) is 13.8 Å². The molecule has 2 rings (SSSR count). The number of alkyl halides is 2. The van der Waals surface area contributed by atoms with Crippen molar-refractivity contribution in [1.29, 1.82) is 0 Å². The monoisotopic (exact) mass is 376 g/mol. The van der Waals surface area contributed by atoms with Crippen LogP contribution in [0.5, 0.6) is 5.75 Å². The van der Waals surface area contributed by atoms with Crippen molar-refractivity contribution in [3.05, 3.63) is 16.3 Å².